The molecule has 0 spiro atoms. The van der Waals surface area contributed by atoms with Crippen molar-refractivity contribution < 1.29 is 0 Å². The van der Waals surface area contributed by atoms with Crippen LogP contribution in [0.2, 0.25) is 0 Å². The third kappa shape index (κ3) is 2.71. The van der Waals surface area contributed by atoms with Crippen LogP contribution >= 0.6 is 28.1 Å². The van der Waals surface area contributed by atoms with Gasteiger partial charge in [0.2, 0.25) is 0 Å². The molecule has 21 heavy (non-hydrogen) atoms. The second-order valence-electron chi connectivity index (χ2n) is 4.85. The molecule has 0 atom stereocenters. The van der Waals surface area contributed by atoms with E-state index in [2.05, 4.69) is 51.8 Å². The summed E-state index contributed by atoms with van der Waals surface area (Å²) in [6.07, 6.45) is 0. The second kappa shape index (κ2) is 5.96. The average molecular weight is 356 g/mol. The summed E-state index contributed by atoms with van der Waals surface area (Å²) in [6, 6.07) is 22.7. The van der Waals surface area contributed by atoms with Gasteiger partial charge in [0.05, 0.1) is 14.7 Å². The first-order valence-electron chi connectivity index (χ1n) is 6.69. The lowest BCUT2D eigenvalue weighted by molar-refractivity contribution is 0.918. The van der Waals surface area contributed by atoms with E-state index in [4.69, 9.17) is 12.2 Å². The van der Waals surface area contributed by atoms with Gasteiger partial charge >= 0.3 is 0 Å². The van der Waals surface area contributed by atoms with Crippen LogP contribution < -0.4 is 0 Å². The molecule has 0 unspecified atom stereocenters. The molecule has 0 bridgehead atoms. The van der Waals surface area contributed by atoms with Crippen LogP contribution in [0.3, 0.4) is 0 Å². The molecule has 0 saturated heterocycles. The molecule has 0 N–H and O–H groups in total. The Labute approximate surface area is 138 Å². The lowest BCUT2D eigenvalue weighted by Crippen LogP contribution is -2.02. The fraction of sp³-hybridized carbons (Fsp3) is 0.0556. The third-order valence-corrected chi connectivity index (χ3v) is 4.89. The maximum atomic E-state index is 5.53. The normalized spacial score (nSPS) is 10.6. The van der Waals surface area contributed by atoms with Crippen molar-refractivity contribution in [1.29, 1.82) is 0 Å². The Kier molecular flexibility index (Phi) is 4.04. The Morgan fingerprint density at radius 3 is 1.95 bits per heavy atom. The third-order valence-electron chi connectivity index (χ3n) is 3.51. The highest BCUT2D eigenvalue weighted by molar-refractivity contribution is 9.10. The highest BCUT2D eigenvalue weighted by Crippen LogP contribution is 2.33. The molecule has 0 fully saturated rings. The minimum atomic E-state index is 0.825. The van der Waals surface area contributed by atoms with E-state index in [0.29, 0.717) is 0 Å². The van der Waals surface area contributed by atoms with Gasteiger partial charge in [0, 0.05) is 12.7 Å². The zero-order valence-corrected chi connectivity index (χ0v) is 14.0. The summed E-state index contributed by atoms with van der Waals surface area (Å²) in [4.78, 5) is 0. The van der Waals surface area contributed by atoms with Gasteiger partial charge in [-0.25, -0.2) is 0 Å². The van der Waals surface area contributed by atoms with Crippen molar-refractivity contribution in [3.63, 3.8) is 0 Å². The molecule has 3 aromatic rings. The van der Waals surface area contributed by atoms with Gasteiger partial charge < -0.3 is 4.57 Å². The summed E-state index contributed by atoms with van der Waals surface area (Å²) in [7, 11) is 2.07. The lowest BCUT2D eigenvalue weighted by atomic mass is 10.1. The van der Waals surface area contributed by atoms with Crippen LogP contribution in [0.15, 0.2) is 71.2 Å². The summed E-state index contributed by atoms with van der Waals surface area (Å²) in [6.45, 7) is 0. The Morgan fingerprint density at radius 1 is 0.857 bits per heavy atom. The largest absolute Gasteiger partial charge is 0.343 e. The Balaban J connectivity index is 2.31. The highest BCUT2D eigenvalue weighted by atomic mass is 79.9. The Bertz CT molecular complexity index is 823. The molecule has 0 aliphatic rings. The van der Waals surface area contributed by atoms with Crippen LogP contribution in [-0.2, 0) is 7.05 Å². The first-order chi connectivity index (χ1) is 10.2. The number of aromatic nitrogens is 1. The standard InChI is InChI=1S/C18H14BrNS/c1-20-15(13-8-4-2-5-9-13)12-16(21)17(19)18(20)14-10-6-3-7-11-14/h2-12H,1H3. The van der Waals surface area contributed by atoms with E-state index in [1.165, 1.54) is 0 Å². The molecule has 2 aromatic carbocycles. The van der Waals surface area contributed by atoms with Crippen LogP contribution in [0.25, 0.3) is 22.5 Å². The topological polar surface area (TPSA) is 4.93 Å². The van der Waals surface area contributed by atoms with Crippen molar-refractivity contribution in [3.05, 3.63) is 75.7 Å². The SMILES string of the molecule is Cn1c(-c2ccccc2)cc(=S)c(Br)c1-c1ccccc1. The number of hydrogen-bond donors (Lipinski definition) is 0. The van der Waals surface area contributed by atoms with Crippen molar-refractivity contribution in [2.24, 2.45) is 7.05 Å². The van der Waals surface area contributed by atoms with Gasteiger partial charge in [0.15, 0.2) is 0 Å². The smallest absolute Gasteiger partial charge is 0.0641 e. The van der Waals surface area contributed by atoms with Gasteiger partial charge in [-0.3, -0.25) is 0 Å². The number of benzene rings is 2. The summed E-state index contributed by atoms with van der Waals surface area (Å²) < 4.78 is 3.97. The van der Waals surface area contributed by atoms with Crippen molar-refractivity contribution >= 4 is 28.1 Å². The number of nitrogens with zero attached hydrogens (tertiary/aromatic N) is 1. The monoisotopic (exact) mass is 355 g/mol. The van der Waals surface area contributed by atoms with E-state index in [9.17, 15) is 0 Å². The maximum absolute atomic E-state index is 5.53. The Hall–Kier alpha value is -1.71. The number of pyridine rings is 1. The molecular formula is C18H14BrNS. The maximum Gasteiger partial charge on any atom is 0.0641 e. The van der Waals surface area contributed by atoms with E-state index in [1.807, 2.05) is 42.5 Å². The van der Waals surface area contributed by atoms with Crippen LogP contribution in [0.1, 0.15) is 0 Å². The molecule has 1 heterocycles. The lowest BCUT2D eigenvalue weighted by Gasteiger charge is -2.17. The molecule has 104 valence electrons. The first kappa shape index (κ1) is 14.2. The van der Waals surface area contributed by atoms with Crippen LogP contribution in [0.4, 0.5) is 0 Å². The fourth-order valence-electron chi connectivity index (χ4n) is 2.47. The summed E-state index contributed by atoms with van der Waals surface area (Å²) in [5, 5.41) is 0. The van der Waals surface area contributed by atoms with Crippen molar-refractivity contribution in [2.75, 3.05) is 0 Å². The average Bonchev–Trinajstić information content (AvgIpc) is 2.53. The van der Waals surface area contributed by atoms with Gasteiger partial charge in [0.25, 0.3) is 0 Å². The zero-order valence-electron chi connectivity index (χ0n) is 11.6. The van der Waals surface area contributed by atoms with E-state index in [0.717, 1.165) is 31.5 Å². The van der Waals surface area contributed by atoms with Crippen molar-refractivity contribution in [3.8, 4) is 22.5 Å². The first-order valence-corrected chi connectivity index (χ1v) is 7.89. The van der Waals surface area contributed by atoms with Gasteiger partial charge in [-0.05, 0) is 33.1 Å². The molecule has 1 aromatic heterocycles. The summed E-state index contributed by atoms with van der Waals surface area (Å²) in [5.74, 6) is 0. The van der Waals surface area contributed by atoms with Gasteiger partial charge in [-0.2, -0.15) is 0 Å². The number of rotatable bonds is 2. The molecule has 0 radical (unpaired) electrons. The molecule has 0 saturated carbocycles. The van der Waals surface area contributed by atoms with Gasteiger partial charge in [-0.15, -0.1) is 0 Å². The predicted molar refractivity (Wildman–Crippen MR) is 94.8 cm³/mol. The minimum absolute atomic E-state index is 0.825. The number of hydrogen-bond acceptors (Lipinski definition) is 1. The van der Waals surface area contributed by atoms with Crippen LogP contribution in [-0.4, -0.2) is 4.57 Å². The quantitative estimate of drug-likeness (QED) is 0.521. The van der Waals surface area contributed by atoms with E-state index >= 15 is 0 Å². The van der Waals surface area contributed by atoms with Crippen molar-refractivity contribution in [1.82, 2.24) is 4.57 Å². The van der Waals surface area contributed by atoms with E-state index in [-0.39, 0.29) is 0 Å². The van der Waals surface area contributed by atoms with Gasteiger partial charge in [0.1, 0.15) is 0 Å². The summed E-state index contributed by atoms with van der Waals surface area (Å²) >= 11 is 9.18. The van der Waals surface area contributed by atoms with Gasteiger partial charge in [-0.1, -0.05) is 72.9 Å². The molecule has 3 rings (SSSR count). The van der Waals surface area contributed by atoms with Crippen molar-refractivity contribution in [2.45, 2.75) is 0 Å². The zero-order chi connectivity index (χ0) is 14.8. The molecule has 3 heteroatoms. The fourth-order valence-corrected chi connectivity index (χ4v) is 3.29. The second-order valence-corrected chi connectivity index (χ2v) is 6.08. The predicted octanol–water partition coefficient (Wildman–Crippen LogP) is 5.85. The van der Waals surface area contributed by atoms with E-state index < -0.39 is 0 Å². The highest BCUT2D eigenvalue weighted by Gasteiger charge is 2.12. The van der Waals surface area contributed by atoms with E-state index in [1.54, 1.807) is 0 Å². The van der Waals surface area contributed by atoms with Crippen LogP contribution in [0.5, 0.6) is 0 Å². The minimum Gasteiger partial charge on any atom is -0.343 e. The molecule has 0 aliphatic carbocycles. The molecule has 0 amide bonds. The Morgan fingerprint density at radius 2 is 1.38 bits per heavy atom. The van der Waals surface area contributed by atoms with Crippen LogP contribution in [0, 0.1) is 4.51 Å². The molecule has 1 nitrogen and oxygen atoms in total. The molecule has 0 aliphatic heterocycles. The summed E-state index contributed by atoms with van der Waals surface area (Å²) in [5.41, 5.74) is 4.52. The number of halogens is 1. The molecular weight excluding hydrogens is 342 g/mol.